The van der Waals surface area contributed by atoms with Crippen LogP contribution in [0.3, 0.4) is 0 Å². The second kappa shape index (κ2) is 6.67. The van der Waals surface area contributed by atoms with Crippen LogP contribution in [0.25, 0.3) is 11.0 Å². The molecule has 0 spiro atoms. The van der Waals surface area contributed by atoms with Gasteiger partial charge in [0.25, 0.3) is 5.91 Å². The fraction of sp³-hybridized carbons (Fsp3) is 0.350. The van der Waals surface area contributed by atoms with Crippen LogP contribution in [0, 0.1) is 0 Å². The average molecular weight is 334 g/mol. The Labute approximate surface area is 147 Å². The van der Waals surface area contributed by atoms with E-state index < -0.39 is 0 Å². The predicted octanol–water partition coefficient (Wildman–Crippen LogP) is 3.47. The third-order valence-electron chi connectivity index (χ3n) is 5.11. The van der Waals surface area contributed by atoms with Gasteiger partial charge in [-0.25, -0.2) is 4.68 Å². The van der Waals surface area contributed by atoms with Gasteiger partial charge in [0.1, 0.15) is 5.52 Å². The number of aryl methyl sites for hydroxylation is 1. The van der Waals surface area contributed by atoms with E-state index in [1.807, 2.05) is 40.8 Å². The summed E-state index contributed by atoms with van der Waals surface area (Å²) >= 11 is 0. The summed E-state index contributed by atoms with van der Waals surface area (Å²) in [5.74, 6) is 0.650. The Kier molecular flexibility index (Phi) is 4.22. The fourth-order valence-corrected chi connectivity index (χ4v) is 3.66. The van der Waals surface area contributed by atoms with E-state index in [1.54, 1.807) is 0 Å². The van der Waals surface area contributed by atoms with E-state index in [9.17, 15) is 4.79 Å². The maximum atomic E-state index is 12.8. The van der Waals surface area contributed by atoms with Crippen molar-refractivity contribution in [2.24, 2.45) is 0 Å². The van der Waals surface area contributed by atoms with E-state index in [0.29, 0.717) is 11.5 Å². The van der Waals surface area contributed by atoms with E-state index in [4.69, 9.17) is 0 Å². The lowest BCUT2D eigenvalue weighted by atomic mass is 9.89. The highest BCUT2D eigenvalue weighted by atomic mass is 16.2. The van der Waals surface area contributed by atoms with E-state index in [0.717, 1.165) is 43.5 Å². The maximum Gasteiger partial charge on any atom is 0.253 e. The Morgan fingerprint density at radius 3 is 2.60 bits per heavy atom. The molecule has 25 heavy (non-hydrogen) atoms. The first-order chi connectivity index (χ1) is 12.3. The van der Waals surface area contributed by atoms with Crippen LogP contribution in [-0.2, 0) is 6.54 Å². The number of nitrogens with zero attached hydrogens (tertiary/aromatic N) is 4. The zero-order valence-electron chi connectivity index (χ0n) is 14.4. The highest BCUT2D eigenvalue weighted by Crippen LogP contribution is 2.28. The number of hydrogen-bond donors (Lipinski definition) is 0. The zero-order valence-corrected chi connectivity index (χ0v) is 14.4. The zero-order chi connectivity index (χ0) is 17.2. The first-order valence-electron chi connectivity index (χ1n) is 8.93. The number of aromatic nitrogens is 3. The van der Waals surface area contributed by atoms with Gasteiger partial charge in [-0.15, -0.1) is 5.10 Å². The van der Waals surface area contributed by atoms with Crippen LogP contribution in [0.5, 0.6) is 0 Å². The number of rotatable bonds is 3. The topological polar surface area (TPSA) is 51.0 Å². The molecule has 1 fully saturated rings. The smallest absolute Gasteiger partial charge is 0.253 e. The van der Waals surface area contributed by atoms with Crippen molar-refractivity contribution in [3.8, 4) is 0 Å². The van der Waals surface area contributed by atoms with Crippen LogP contribution in [-0.4, -0.2) is 38.9 Å². The molecule has 1 aliphatic rings. The van der Waals surface area contributed by atoms with Crippen molar-refractivity contribution in [3.63, 3.8) is 0 Å². The lowest BCUT2D eigenvalue weighted by Gasteiger charge is -2.32. The largest absolute Gasteiger partial charge is 0.339 e. The molecule has 0 atom stereocenters. The molecule has 2 heterocycles. The molecule has 0 aliphatic carbocycles. The number of carbonyl (C=O) groups is 1. The summed E-state index contributed by atoms with van der Waals surface area (Å²) in [7, 11) is 0. The Bertz CT molecular complexity index is 879. The third-order valence-corrected chi connectivity index (χ3v) is 5.11. The highest BCUT2D eigenvalue weighted by molar-refractivity contribution is 5.97. The van der Waals surface area contributed by atoms with Crippen molar-refractivity contribution in [2.75, 3.05) is 13.1 Å². The molecule has 1 saturated heterocycles. The molecule has 0 radical (unpaired) electrons. The van der Waals surface area contributed by atoms with Gasteiger partial charge in [-0.05, 0) is 49.4 Å². The molecule has 0 bridgehead atoms. The molecule has 0 N–H and O–H groups in total. The van der Waals surface area contributed by atoms with Gasteiger partial charge in [0.05, 0.1) is 5.52 Å². The molecule has 4 rings (SSSR count). The van der Waals surface area contributed by atoms with E-state index >= 15 is 0 Å². The van der Waals surface area contributed by atoms with Crippen molar-refractivity contribution in [1.82, 2.24) is 19.9 Å². The van der Waals surface area contributed by atoms with E-state index in [-0.39, 0.29) is 5.91 Å². The second-order valence-electron chi connectivity index (χ2n) is 6.59. The molecule has 5 nitrogen and oxygen atoms in total. The quantitative estimate of drug-likeness (QED) is 0.737. The molecule has 128 valence electrons. The molecule has 2 aromatic carbocycles. The molecule has 5 heteroatoms. The number of carbonyl (C=O) groups excluding carboxylic acids is 1. The Morgan fingerprint density at radius 2 is 1.88 bits per heavy atom. The number of benzene rings is 2. The van der Waals surface area contributed by atoms with Crippen LogP contribution in [0.4, 0.5) is 0 Å². The van der Waals surface area contributed by atoms with Crippen LogP contribution in [0.1, 0.15) is 41.6 Å². The standard InChI is InChI=1S/C20H22N4O/c1-2-24-19-9-8-17(14-18(19)21-22-24)20(25)23-12-10-16(11-13-23)15-6-4-3-5-7-15/h3-9,14,16H,2,10-13H2,1H3. The Morgan fingerprint density at radius 1 is 1.12 bits per heavy atom. The van der Waals surface area contributed by atoms with Crippen molar-refractivity contribution < 1.29 is 4.79 Å². The van der Waals surface area contributed by atoms with Gasteiger partial charge in [0, 0.05) is 25.2 Å². The van der Waals surface area contributed by atoms with Gasteiger partial charge >= 0.3 is 0 Å². The molecule has 1 aliphatic heterocycles. The summed E-state index contributed by atoms with van der Waals surface area (Å²) in [4.78, 5) is 14.8. The lowest BCUT2D eigenvalue weighted by molar-refractivity contribution is 0.0713. The number of amides is 1. The summed E-state index contributed by atoms with van der Waals surface area (Å²) in [5, 5.41) is 8.28. The molecule has 1 amide bonds. The summed E-state index contributed by atoms with van der Waals surface area (Å²) in [6, 6.07) is 16.3. The van der Waals surface area contributed by atoms with Crippen LogP contribution >= 0.6 is 0 Å². The number of likely N-dealkylation sites (tertiary alicyclic amines) is 1. The first kappa shape index (κ1) is 15.8. The molecular formula is C20H22N4O. The molecule has 0 unspecified atom stereocenters. The van der Waals surface area contributed by atoms with Gasteiger partial charge in [0.2, 0.25) is 0 Å². The summed E-state index contributed by atoms with van der Waals surface area (Å²) < 4.78 is 1.84. The average Bonchev–Trinajstić information content (AvgIpc) is 3.10. The fourth-order valence-electron chi connectivity index (χ4n) is 3.66. The van der Waals surface area contributed by atoms with Crippen molar-refractivity contribution in [3.05, 3.63) is 59.7 Å². The molecule has 3 aromatic rings. The Hall–Kier alpha value is -2.69. The van der Waals surface area contributed by atoms with E-state index in [1.165, 1.54) is 5.56 Å². The van der Waals surface area contributed by atoms with Gasteiger partial charge in [0.15, 0.2) is 0 Å². The summed E-state index contributed by atoms with van der Waals surface area (Å²) in [6.07, 6.45) is 2.04. The van der Waals surface area contributed by atoms with Crippen LogP contribution in [0.2, 0.25) is 0 Å². The predicted molar refractivity (Wildman–Crippen MR) is 97.5 cm³/mol. The normalized spacial score (nSPS) is 15.6. The van der Waals surface area contributed by atoms with Crippen LogP contribution < -0.4 is 0 Å². The minimum Gasteiger partial charge on any atom is -0.339 e. The van der Waals surface area contributed by atoms with Crippen LogP contribution in [0.15, 0.2) is 48.5 Å². The Balaban J connectivity index is 1.47. The highest BCUT2D eigenvalue weighted by Gasteiger charge is 2.24. The second-order valence-corrected chi connectivity index (χ2v) is 6.59. The molecule has 1 aromatic heterocycles. The molecule has 0 saturated carbocycles. The number of piperidine rings is 1. The third kappa shape index (κ3) is 3.02. The monoisotopic (exact) mass is 334 g/mol. The van der Waals surface area contributed by atoms with Gasteiger partial charge < -0.3 is 4.90 Å². The van der Waals surface area contributed by atoms with Crippen molar-refractivity contribution >= 4 is 16.9 Å². The number of hydrogen-bond acceptors (Lipinski definition) is 3. The van der Waals surface area contributed by atoms with Gasteiger partial charge in [-0.3, -0.25) is 4.79 Å². The summed E-state index contributed by atoms with van der Waals surface area (Å²) in [5.41, 5.74) is 3.84. The van der Waals surface area contributed by atoms with Gasteiger partial charge in [-0.1, -0.05) is 35.5 Å². The molecular weight excluding hydrogens is 312 g/mol. The summed E-state index contributed by atoms with van der Waals surface area (Å²) in [6.45, 7) is 4.41. The lowest BCUT2D eigenvalue weighted by Crippen LogP contribution is -2.37. The van der Waals surface area contributed by atoms with Crippen molar-refractivity contribution in [1.29, 1.82) is 0 Å². The first-order valence-corrected chi connectivity index (χ1v) is 8.93. The minimum atomic E-state index is 0.0967. The SMILES string of the molecule is CCn1nnc2cc(C(=O)N3CCC(c4ccccc4)CC3)ccc21. The van der Waals surface area contributed by atoms with E-state index in [2.05, 4.69) is 34.6 Å². The van der Waals surface area contributed by atoms with Gasteiger partial charge in [-0.2, -0.15) is 0 Å². The van der Waals surface area contributed by atoms with Crippen molar-refractivity contribution in [2.45, 2.75) is 32.2 Å². The number of fused-ring (bicyclic) bond motifs is 1. The maximum absolute atomic E-state index is 12.8. The minimum absolute atomic E-state index is 0.0967.